The maximum absolute atomic E-state index is 12.9. The van der Waals surface area contributed by atoms with Gasteiger partial charge in [0.15, 0.2) is 11.6 Å². The van der Waals surface area contributed by atoms with Crippen molar-refractivity contribution < 1.29 is 14.3 Å². The Hall–Kier alpha value is -2.89. The normalized spacial score (nSPS) is 16.3. The molecule has 0 fully saturated rings. The summed E-state index contributed by atoms with van der Waals surface area (Å²) in [6.45, 7) is 0.420. The zero-order chi connectivity index (χ0) is 16.9. The fourth-order valence-electron chi connectivity index (χ4n) is 2.68. The fraction of sp³-hybridized carbons (Fsp3) is 0.278. The minimum absolute atomic E-state index is 0.0448. The minimum Gasteiger partial charge on any atom is -0.472 e. The maximum atomic E-state index is 12.9. The number of nitrogens with zero attached hydrogens (tertiary/aromatic N) is 2. The van der Waals surface area contributed by atoms with E-state index >= 15 is 0 Å². The number of fused-ring (bicyclic) bond motifs is 1. The van der Waals surface area contributed by atoms with Crippen LogP contribution in [0.4, 0.5) is 5.82 Å². The second-order valence-electron chi connectivity index (χ2n) is 5.50. The smallest absolute Gasteiger partial charge is 0.274 e. The predicted octanol–water partition coefficient (Wildman–Crippen LogP) is 2.07. The topological polar surface area (TPSA) is 71.5 Å². The molecule has 1 N–H and O–H groups in total. The van der Waals surface area contributed by atoms with Gasteiger partial charge in [-0.25, -0.2) is 4.98 Å². The van der Waals surface area contributed by atoms with Gasteiger partial charge in [0, 0.05) is 31.8 Å². The van der Waals surface area contributed by atoms with Crippen molar-refractivity contribution in [2.75, 3.05) is 18.5 Å². The molecular formula is C18H19N3O3. The number of hydrogen-bond acceptors (Lipinski definition) is 4. The van der Waals surface area contributed by atoms with Gasteiger partial charge in [-0.1, -0.05) is 30.3 Å². The van der Waals surface area contributed by atoms with Crippen molar-refractivity contribution in [1.29, 1.82) is 0 Å². The van der Waals surface area contributed by atoms with E-state index in [0.29, 0.717) is 31.0 Å². The standard InChI is InChI=1S/C18H19N3O3/c1-19-15(22)10-6-12-21-17-14(9-5-11-20-17)24-16(18(21)23)13-7-3-2-4-8-13/h2-5,7-9,11,16H,6,10,12H2,1H3,(H,19,22). The van der Waals surface area contributed by atoms with E-state index in [1.54, 1.807) is 30.3 Å². The summed E-state index contributed by atoms with van der Waals surface area (Å²) >= 11 is 0. The average molecular weight is 325 g/mol. The van der Waals surface area contributed by atoms with Gasteiger partial charge in [0.2, 0.25) is 12.0 Å². The Bertz CT molecular complexity index is 733. The number of carbonyl (C=O) groups is 2. The zero-order valence-corrected chi connectivity index (χ0v) is 13.4. The molecule has 1 atom stereocenters. The Morgan fingerprint density at radius 2 is 2.04 bits per heavy atom. The molecule has 1 unspecified atom stereocenters. The Balaban J connectivity index is 1.85. The molecule has 1 aliphatic heterocycles. The number of pyridine rings is 1. The number of hydrogen-bond donors (Lipinski definition) is 1. The molecule has 0 saturated heterocycles. The lowest BCUT2D eigenvalue weighted by Gasteiger charge is -2.33. The largest absolute Gasteiger partial charge is 0.472 e. The second-order valence-corrected chi connectivity index (χ2v) is 5.50. The van der Waals surface area contributed by atoms with E-state index in [0.717, 1.165) is 5.56 Å². The number of carbonyl (C=O) groups excluding carboxylic acids is 2. The van der Waals surface area contributed by atoms with E-state index in [1.165, 1.54) is 0 Å². The molecule has 2 aromatic rings. The van der Waals surface area contributed by atoms with Crippen LogP contribution in [0.5, 0.6) is 5.75 Å². The molecule has 0 spiro atoms. The van der Waals surface area contributed by atoms with E-state index in [1.807, 2.05) is 30.3 Å². The number of ether oxygens (including phenoxy) is 1. The lowest BCUT2D eigenvalue weighted by Crippen LogP contribution is -2.42. The van der Waals surface area contributed by atoms with Gasteiger partial charge in [-0.3, -0.25) is 14.5 Å². The highest BCUT2D eigenvalue weighted by atomic mass is 16.5. The molecule has 0 aliphatic carbocycles. The highest BCUT2D eigenvalue weighted by Crippen LogP contribution is 2.37. The van der Waals surface area contributed by atoms with Crippen LogP contribution < -0.4 is 15.0 Å². The predicted molar refractivity (Wildman–Crippen MR) is 89.7 cm³/mol. The molecule has 1 aromatic heterocycles. The number of rotatable bonds is 5. The third kappa shape index (κ3) is 3.22. The average Bonchev–Trinajstić information content (AvgIpc) is 2.63. The monoisotopic (exact) mass is 325 g/mol. The Labute approximate surface area is 140 Å². The molecular weight excluding hydrogens is 306 g/mol. The third-order valence-electron chi connectivity index (χ3n) is 3.91. The summed E-state index contributed by atoms with van der Waals surface area (Å²) in [5.41, 5.74) is 0.799. The van der Waals surface area contributed by atoms with Crippen LogP contribution in [0, 0.1) is 0 Å². The van der Waals surface area contributed by atoms with E-state index < -0.39 is 6.10 Å². The van der Waals surface area contributed by atoms with Crippen LogP contribution in [0.25, 0.3) is 0 Å². The molecule has 2 amide bonds. The molecule has 0 bridgehead atoms. The van der Waals surface area contributed by atoms with Gasteiger partial charge in [0.05, 0.1) is 0 Å². The van der Waals surface area contributed by atoms with Crippen molar-refractivity contribution in [3.63, 3.8) is 0 Å². The molecule has 124 valence electrons. The molecule has 3 rings (SSSR count). The molecule has 0 saturated carbocycles. The molecule has 1 aromatic carbocycles. The van der Waals surface area contributed by atoms with Crippen LogP contribution in [-0.4, -0.2) is 30.4 Å². The summed E-state index contributed by atoms with van der Waals surface area (Å²) < 4.78 is 5.88. The Morgan fingerprint density at radius 1 is 1.25 bits per heavy atom. The summed E-state index contributed by atoms with van der Waals surface area (Å²) in [6, 6.07) is 13.0. The zero-order valence-electron chi connectivity index (χ0n) is 13.4. The molecule has 6 nitrogen and oxygen atoms in total. The van der Waals surface area contributed by atoms with Crippen LogP contribution in [-0.2, 0) is 9.59 Å². The molecule has 2 heterocycles. The quantitative estimate of drug-likeness (QED) is 0.913. The Kier molecular flexibility index (Phi) is 4.74. The number of aromatic nitrogens is 1. The SMILES string of the molecule is CNC(=O)CCCN1C(=O)C(c2ccccc2)Oc2cccnc21. The van der Waals surface area contributed by atoms with Crippen molar-refractivity contribution in [2.24, 2.45) is 0 Å². The van der Waals surface area contributed by atoms with Crippen LogP contribution in [0.15, 0.2) is 48.7 Å². The summed E-state index contributed by atoms with van der Waals surface area (Å²) in [4.78, 5) is 30.2. The van der Waals surface area contributed by atoms with Gasteiger partial charge in [0.25, 0.3) is 5.91 Å². The van der Waals surface area contributed by atoms with Gasteiger partial charge in [0.1, 0.15) is 0 Å². The first-order valence-corrected chi connectivity index (χ1v) is 7.89. The second kappa shape index (κ2) is 7.12. The van der Waals surface area contributed by atoms with E-state index in [-0.39, 0.29) is 11.8 Å². The van der Waals surface area contributed by atoms with Crippen molar-refractivity contribution in [1.82, 2.24) is 10.3 Å². The van der Waals surface area contributed by atoms with Gasteiger partial charge >= 0.3 is 0 Å². The van der Waals surface area contributed by atoms with Crippen molar-refractivity contribution in [2.45, 2.75) is 18.9 Å². The maximum Gasteiger partial charge on any atom is 0.274 e. The first-order chi connectivity index (χ1) is 11.7. The lowest BCUT2D eigenvalue weighted by atomic mass is 10.1. The fourth-order valence-corrected chi connectivity index (χ4v) is 2.68. The lowest BCUT2D eigenvalue weighted by molar-refractivity contribution is -0.127. The van der Waals surface area contributed by atoms with Crippen molar-refractivity contribution >= 4 is 17.6 Å². The first kappa shape index (κ1) is 16.0. The number of anilines is 1. The molecule has 24 heavy (non-hydrogen) atoms. The summed E-state index contributed by atoms with van der Waals surface area (Å²) in [5.74, 6) is 0.873. The highest BCUT2D eigenvalue weighted by Gasteiger charge is 2.36. The third-order valence-corrected chi connectivity index (χ3v) is 3.91. The van der Waals surface area contributed by atoms with Gasteiger partial charge < -0.3 is 10.1 Å². The summed E-state index contributed by atoms with van der Waals surface area (Å²) in [6.07, 6.45) is 1.86. The number of nitrogens with one attached hydrogen (secondary N) is 1. The van der Waals surface area contributed by atoms with Crippen LogP contribution >= 0.6 is 0 Å². The van der Waals surface area contributed by atoms with Crippen LogP contribution in [0.3, 0.4) is 0 Å². The number of benzene rings is 1. The first-order valence-electron chi connectivity index (χ1n) is 7.89. The minimum atomic E-state index is -0.692. The van der Waals surface area contributed by atoms with Crippen molar-refractivity contribution in [3.8, 4) is 5.75 Å². The Morgan fingerprint density at radius 3 is 2.79 bits per heavy atom. The van der Waals surface area contributed by atoms with Crippen LogP contribution in [0.1, 0.15) is 24.5 Å². The van der Waals surface area contributed by atoms with E-state index in [4.69, 9.17) is 4.74 Å². The molecule has 0 radical (unpaired) electrons. The van der Waals surface area contributed by atoms with Gasteiger partial charge in [-0.15, -0.1) is 0 Å². The van der Waals surface area contributed by atoms with E-state index in [2.05, 4.69) is 10.3 Å². The van der Waals surface area contributed by atoms with Crippen LogP contribution in [0.2, 0.25) is 0 Å². The molecule has 1 aliphatic rings. The molecule has 6 heteroatoms. The summed E-state index contributed by atoms with van der Waals surface area (Å²) in [5, 5.41) is 2.58. The van der Waals surface area contributed by atoms with E-state index in [9.17, 15) is 9.59 Å². The summed E-state index contributed by atoms with van der Waals surface area (Å²) in [7, 11) is 1.60. The highest BCUT2D eigenvalue weighted by molar-refractivity contribution is 5.99. The van der Waals surface area contributed by atoms with Crippen molar-refractivity contribution in [3.05, 3.63) is 54.2 Å². The number of amides is 2. The van der Waals surface area contributed by atoms with Gasteiger partial charge in [-0.05, 0) is 18.6 Å². The van der Waals surface area contributed by atoms with Gasteiger partial charge in [-0.2, -0.15) is 0 Å².